The summed E-state index contributed by atoms with van der Waals surface area (Å²) in [6, 6.07) is 12.3. The Morgan fingerprint density at radius 3 is 2.40 bits per heavy atom. The van der Waals surface area contributed by atoms with Gasteiger partial charge in [0.05, 0.1) is 11.4 Å². The molecule has 0 spiro atoms. The van der Waals surface area contributed by atoms with Gasteiger partial charge in [-0.15, -0.1) is 10.2 Å². The number of aromatic nitrogens is 2. The fourth-order valence-electron chi connectivity index (χ4n) is 3.77. The van der Waals surface area contributed by atoms with Gasteiger partial charge in [-0.05, 0) is 74.2 Å². The highest BCUT2D eigenvalue weighted by molar-refractivity contribution is 7.89. The van der Waals surface area contributed by atoms with E-state index in [1.807, 2.05) is 19.9 Å². The van der Waals surface area contributed by atoms with E-state index in [0.29, 0.717) is 15.8 Å². The summed E-state index contributed by atoms with van der Waals surface area (Å²) in [5, 5.41) is 8.82. The van der Waals surface area contributed by atoms with Crippen molar-refractivity contribution in [3.63, 3.8) is 0 Å². The lowest BCUT2D eigenvalue weighted by atomic mass is 10.1. The second-order valence-electron chi connectivity index (χ2n) is 7.74. The number of rotatable bonds is 6. The Morgan fingerprint density at radius 1 is 1.03 bits per heavy atom. The van der Waals surface area contributed by atoms with Crippen molar-refractivity contribution in [3.05, 3.63) is 64.5 Å². The molecule has 0 bridgehead atoms. The van der Waals surface area contributed by atoms with Crippen molar-refractivity contribution in [2.75, 3.05) is 0 Å². The third-order valence-corrected chi connectivity index (χ3v) is 7.81. The zero-order chi connectivity index (χ0) is 21.3. The topological polar surface area (TPSA) is 76.3 Å². The molecule has 1 heterocycles. The van der Waals surface area contributed by atoms with Crippen LogP contribution in [0.3, 0.4) is 0 Å². The summed E-state index contributed by atoms with van der Waals surface area (Å²) in [4.78, 5) is 0.301. The highest BCUT2D eigenvalue weighted by Crippen LogP contribution is 2.31. The van der Waals surface area contributed by atoms with Gasteiger partial charge in [-0.25, -0.2) is 8.42 Å². The molecule has 1 saturated carbocycles. The zero-order valence-corrected chi connectivity index (χ0v) is 18.6. The number of sulfonamides is 1. The fraction of sp³-hybridized carbons (Fsp3) is 0.364. The summed E-state index contributed by atoms with van der Waals surface area (Å²) < 4.78 is 34.4. The molecule has 2 aromatic carbocycles. The summed E-state index contributed by atoms with van der Waals surface area (Å²) in [7, 11) is -3.69. The van der Waals surface area contributed by atoms with E-state index in [2.05, 4.69) is 10.2 Å². The molecule has 1 fully saturated rings. The van der Waals surface area contributed by atoms with Gasteiger partial charge in [-0.2, -0.15) is 4.31 Å². The predicted molar refractivity (Wildman–Crippen MR) is 116 cm³/mol. The molecular weight excluding hydrogens is 422 g/mol. The fourth-order valence-corrected chi connectivity index (χ4v) is 5.62. The van der Waals surface area contributed by atoms with E-state index in [4.69, 9.17) is 16.0 Å². The van der Waals surface area contributed by atoms with Crippen molar-refractivity contribution in [3.8, 4) is 11.5 Å². The first-order valence-electron chi connectivity index (χ1n) is 10.0. The quantitative estimate of drug-likeness (QED) is 0.525. The Hall–Kier alpha value is -2.22. The van der Waals surface area contributed by atoms with E-state index in [1.54, 1.807) is 36.4 Å². The van der Waals surface area contributed by atoms with E-state index in [0.717, 1.165) is 42.4 Å². The predicted octanol–water partition coefficient (Wildman–Crippen LogP) is 5.14. The molecule has 0 N–H and O–H groups in total. The van der Waals surface area contributed by atoms with Crippen molar-refractivity contribution in [1.82, 2.24) is 14.5 Å². The highest BCUT2D eigenvalue weighted by atomic mass is 35.5. The van der Waals surface area contributed by atoms with Crippen molar-refractivity contribution in [1.29, 1.82) is 0 Å². The molecule has 1 aliphatic rings. The van der Waals surface area contributed by atoms with Crippen LogP contribution >= 0.6 is 11.6 Å². The van der Waals surface area contributed by atoms with Crippen LogP contribution in [0.2, 0.25) is 5.02 Å². The Labute approximate surface area is 181 Å². The van der Waals surface area contributed by atoms with Gasteiger partial charge in [-0.1, -0.05) is 30.5 Å². The number of benzene rings is 2. The van der Waals surface area contributed by atoms with Crippen LogP contribution in [0, 0.1) is 13.8 Å². The maximum atomic E-state index is 13.5. The molecule has 0 aliphatic heterocycles. The first-order valence-corrected chi connectivity index (χ1v) is 11.8. The van der Waals surface area contributed by atoms with E-state index < -0.39 is 10.0 Å². The third kappa shape index (κ3) is 4.29. The van der Waals surface area contributed by atoms with Gasteiger partial charge >= 0.3 is 0 Å². The summed E-state index contributed by atoms with van der Waals surface area (Å²) >= 11 is 5.94. The standard InChI is InChI=1S/C22H24ClN3O3S/c1-15-7-12-20(13-16(15)2)30(27,28)26(19-5-3-4-6-19)14-21-24-25-22(29-21)17-8-10-18(23)11-9-17/h7-13,19H,3-6,14H2,1-2H3. The molecular formula is C22H24ClN3O3S. The highest BCUT2D eigenvalue weighted by Gasteiger charge is 2.35. The molecule has 0 atom stereocenters. The molecule has 158 valence electrons. The van der Waals surface area contributed by atoms with Crippen molar-refractivity contribution >= 4 is 21.6 Å². The first kappa shape index (κ1) is 21.0. The molecule has 4 rings (SSSR count). The average molecular weight is 446 g/mol. The van der Waals surface area contributed by atoms with E-state index >= 15 is 0 Å². The van der Waals surface area contributed by atoms with Crippen LogP contribution in [0.5, 0.6) is 0 Å². The second kappa shape index (κ2) is 8.49. The lowest BCUT2D eigenvalue weighted by molar-refractivity contribution is 0.288. The lowest BCUT2D eigenvalue weighted by Crippen LogP contribution is -2.38. The Morgan fingerprint density at radius 2 is 1.73 bits per heavy atom. The van der Waals surface area contributed by atoms with Crippen LogP contribution in [0.1, 0.15) is 42.7 Å². The van der Waals surface area contributed by atoms with Gasteiger partial charge in [-0.3, -0.25) is 0 Å². The van der Waals surface area contributed by atoms with Crippen LogP contribution < -0.4 is 0 Å². The van der Waals surface area contributed by atoms with Gasteiger partial charge in [0, 0.05) is 16.6 Å². The van der Waals surface area contributed by atoms with Crippen LogP contribution in [-0.2, 0) is 16.6 Å². The number of halogens is 1. The van der Waals surface area contributed by atoms with E-state index in [1.165, 1.54) is 4.31 Å². The van der Waals surface area contributed by atoms with E-state index in [-0.39, 0.29) is 18.5 Å². The monoisotopic (exact) mass is 445 g/mol. The summed E-state index contributed by atoms with van der Waals surface area (Å²) in [6.45, 7) is 3.95. The number of hydrogen-bond donors (Lipinski definition) is 0. The number of aryl methyl sites for hydroxylation is 2. The zero-order valence-electron chi connectivity index (χ0n) is 17.0. The smallest absolute Gasteiger partial charge is 0.247 e. The minimum atomic E-state index is -3.69. The maximum Gasteiger partial charge on any atom is 0.247 e. The van der Waals surface area contributed by atoms with Gasteiger partial charge in [0.15, 0.2) is 0 Å². The normalized spacial score (nSPS) is 15.2. The van der Waals surface area contributed by atoms with Crippen molar-refractivity contribution in [2.45, 2.75) is 57.0 Å². The molecule has 1 aliphatic carbocycles. The van der Waals surface area contributed by atoms with E-state index in [9.17, 15) is 8.42 Å². The molecule has 3 aromatic rings. The minimum Gasteiger partial charge on any atom is -0.419 e. The largest absolute Gasteiger partial charge is 0.419 e. The van der Waals surface area contributed by atoms with Gasteiger partial charge in [0.1, 0.15) is 0 Å². The summed E-state index contributed by atoms with van der Waals surface area (Å²) in [5.41, 5.74) is 2.75. The van der Waals surface area contributed by atoms with Crippen LogP contribution in [0.4, 0.5) is 0 Å². The molecule has 30 heavy (non-hydrogen) atoms. The lowest BCUT2D eigenvalue weighted by Gasteiger charge is -2.27. The average Bonchev–Trinajstić information content (AvgIpc) is 3.40. The minimum absolute atomic E-state index is 0.0561. The SMILES string of the molecule is Cc1ccc(S(=O)(=O)N(Cc2nnc(-c3ccc(Cl)cc3)o2)C2CCCC2)cc1C. The second-order valence-corrected chi connectivity index (χ2v) is 10.1. The number of hydrogen-bond acceptors (Lipinski definition) is 5. The van der Waals surface area contributed by atoms with Crippen LogP contribution in [-0.4, -0.2) is 29.0 Å². The Balaban J connectivity index is 1.65. The van der Waals surface area contributed by atoms with Crippen molar-refractivity contribution in [2.24, 2.45) is 0 Å². The van der Waals surface area contributed by atoms with Crippen LogP contribution in [0.25, 0.3) is 11.5 Å². The van der Waals surface area contributed by atoms with Crippen molar-refractivity contribution < 1.29 is 12.8 Å². The number of nitrogens with zero attached hydrogens (tertiary/aromatic N) is 3. The Bertz CT molecular complexity index is 1140. The molecule has 0 amide bonds. The van der Waals surface area contributed by atoms with Gasteiger partial charge in [0.2, 0.25) is 21.8 Å². The summed E-state index contributed by atoms with van der Waals surface area (Å²) in [5.74, 6) is 0.621. The summed E-state index contributed by atoms with van der Waals surface area (Å²) in [6.07, 6.45) is 3.71. The molecule has 0 radical (unpaired) electrons. The van der Waals surface area contributed by atoms with Gasteiger partial charge in [0.25, 0.3) is 0 Å². The van der Waals surface area contributed by atoms with Gasteiger partial charge < -0.3 is 4.42 Å². The molecule has 0 saturated heterocycles. The third-order valence-electron chi connectivity index (χ3n) is 5.67. The molecule has 0 unspecified atom stereocenters. The molecule has 1 aromatic heterocycles. The molecule has 8 heteroatoms. The maximum absolute atomic E-state index is 13.5. The van der Waals surface area contributed by atoms with Crippen LogP contribution in [0.15, 0.2) is 51.8 Å². The molecule has 6 nitrogen and oxygen atoms in total. The first-order chi connectivity index (χ1) is 14.3. The Kier molecular flexibility index (Phi) is 5.95.